The molecule has 0 bridgehead atoms. The van der Waals surface area contributed by atoms with E-state index in [1.165, 1.54) is 11.3 Å². The molecule has 1 amide bonds. The third-order valence-corrected chi connectivity index (χ3v) is 6.25. The lowest BCUT2D eigenvalue weighted by molar-refractivity contribution is -0.118. The molecule has 0 aliphatic carbocycles. The van der Waals surface area contributed by atoms with Gasteiger partial charge in [0.15, 0.2) is 17.5 Å². The maximum absolute atomic E-state index is 12.1. The third kappa shape index (κ3) is 3.92. The van der Waals surface area contributed by atoms with Crippen LogP contribution in [0.4, 0.5) is 5.13 Å². The Balaban J connectivity index is 1.72. The molecule has 3 rings (SSSR count). The van der Waals surface area contributed by atoms with E-state index < -0.39 is 5.91 Å². The molecule has 130 valence electrons. The lowest BCUT2D eigenvalue weighted by Gasteiger charge is -2.13. The van der Waals surface area contributed by atoms with Crippen molar-refractivity contribution in [2.24, 2.45) is 0 Å². The average molecular weight is 457 g/mol. The highest BCUT2D eigenvalue weighted by Gasteiger charge is 2.21. The highest BCUT2D eigenvalue weighted by Crippen LogP contribution is 2.48. The zero-order valence-electron chi connectivity index (χ0n) is 12.1. The van der Waals surface area contributed by atoms with Crippen molar-refractivity contribution in [3.8, 4) is 5.75 Å². The number of carbonyl (C=O) groups excluding carboxylic acids is 1. The number of carbonyl (C=O) groups is 1. The van der Waals surface area contributed by atoms with Crippen molar-refractivity contribution in [2.75, 3.05) is 11.9 Å². The second-order valence-electron chi connectivity index (χ2n) is 4.72. The molecule has 25 heavy (non-hydrogen) atoms. The van der Waals surface area contributed by atoms with Crippen molar-refractivity contribution in [3.63, 3.8) is 0 Å². The van der Waals surface area contributed by atoms with Gasteiger partial charge in [-0.25, -0.2) is 4.98 Å². The molecule has 0 fully saturated rings. The van der Waals surface area contributed by atoms with Crippen molar-refractivity contribution in [1.29, 1.82) is 0 Å². The first-order chi connectivity index (χ1) is 11.9. The lowest BCUT2D eigenvalue weighted by atomic mass is 10.3. The van der Waals surface area contributed by atoms with E-state index >= 15 is 0 Å². The molecule has 10 heteroatoms. The fraction of sp³-hybridized carbons (Fsp3) is 0.0667. The van der Waals surface area contributed by atoms with Crippen LogP contribution < -0.4 is 10.1 Å². The number of amides is 1. The van der Waals surface area contributed by atoms with Crippen LogP contribution >= 0.6 is 69.3 Å². The van der Waals surface area contributed by atoms with Gasteiger partial charge in [0.2, 0.25) is 0 Å². The number of ether oxygens (including phenoxy) is 1. The summed E-state index contributed by atoms with van der Waals surface area (Å²) in [5.74, 6) is -0.449. The van der Waals surface area contributed by atoms with Gasteiger partial charge in [-0.1, -0.05) is 81.5 Å². The van der Waals surface area contributed by atoms with E-state index in [2.05, 4.69) is 10.3 Å². The summed E-state index contributed by atoms with van der Waals surface area (Å²) >= 11 is 31.2. The van der Waals surface area contributed by atoms with Crippen molar-refractivity contribution in [2.45, 2.75) is 0 Å². The van der Waals surface area contributed by atoms with E-state index in [0.717, 1.165) is 10.2 Å². The Hall–Kier alpha value is -0.950. The maximum atomic E-state index is 12.1. The van der Waals surface area contributed by atoms with Crippen LogP contribution in [0.15, 0.2) is 24.3 Å². The number of benzene rings is 2. The topological polar surface area (TPSA) is 51.2 Å². The van der Waals surface area contributed by atoms with Crippen LogP contribution in [0.3, 0.4) is 0 Å². The first-order valence-corrected chi connectivity index (χ1v) is 9.38. The van der Waals surface area contributed by atoms with Gasteiger partial charge < -0.3 is 4.74 Å². The summed E-state index contributed by atoms with van der Waals surface area (Å²) in [6.07, 6.45) is 0. The van der Waals surface area contributed by atoms with Gasteiger partial charge in [-0.15, -0.1) is 0 Å². The number of nitrogens with zero attached hydrogens (tertiary/aromatic N) is 1. The molecular weight excluding hydrogens is 450 g/mol. The van der Waals surface area contributed by atoms with Crippen molar-refractivity contribution in [3.05, 3.63) is 49.4 Å². The van der Waals surface area contributed by atoms with Crippen LogP contribution in [0.5, 0.6) is 5.75 Å². The Morgan fingerprint density at radius 3 is 2.24 bits per heavy atom. The predicted molar refractivity (Wildman–Crippen MR) is 105 cm³/mol. The van der Waals surface area contributed by atoms with Crippen molar-refractivity contribution in [1.82, 2.24) is 4.98 Å². The molecule has 1 heterocycles. The van der Waals surface area contributed by atoms with Crippen molar-refractivity contribution < 1.29 is 9.53 Å². The van der Waals surface area contributed by atoms with Gasteiger partial charge >= 0.3 is 0 Å². The molecule has 3 aromatic rings. The summed E-state index contributed by atoms with van der Waals surface area (Å²) in [6.45, 7) is -0.357. The number of halogens is 5. The number of hydrogen-bond acceptors (Lipinski definition) is 4. The second kappa shape index (κ2) is 7.74. The Kier molecular flexibility index (Phi) is 5.83. The van der Waals surface area contributed by atoms with Crippen LogP contribution in [0.25, 0.3) is 10.2 Å². The Morgan fingerprint density at radius 1 is 1.00 bits per heavy atom. The van der Waals surface area contributed by atoms with Crippen LogP contribution in [0.1, 0.15) is 0 Å². The van der Waals surface area contributed by atoms with Gasteiger partial charge in [-0.05, 0) is 12.1 Å². The Bertz CT molecular complexity index is 914. The van der Waals surface area contributed by atoms with Gasteiger partial charge in [-0.2, -0.15) is 0 Å². The molecule has 0 atom stereocenters. The number of rotatable bonds is 4. The predicted octanol–water partition coefficient (Wildman–Crippen LogP) is 6.58. The van der Waals surface area contributed by atoms with Crippen LogP contribution in [0, 0.1) is 0 Å². The number of anilines is 1. The normalized spacial score (nSPS) is 10.9. The summed E-state index contributed by atoms with van der Waals surface area (Å²) in [5, 5.41) is 3.08. The molecule has 0 spiro atoms. The maximum Gasteiger partial charge on any atom is 0.264 e. The number of para-hydroxylation sites is 1. The molecule has 0 saturated heterocycles. The van der Waals surface area contributed by atoms with E-state index in [0.29, 0.717) is 5.13 Å². The molecule has 1 N–H and O–H groups in total. The smallest absolute Gasteiger partial charge is 0.264 e. The molecular formula is C15H7Cl5N2O2S. The van der Waals surface area contributed by atoms with Gasteiger partial charge in [0.25, 0.3) is 5.91 Å². The zero-order chi connectivity index (χ0) is 18.1. The number of nitrogens with one attached hydrogen (secondary N) is 1. The van der Waals surface area contributed by atoms with Gasteiger partial charge in [0.1, 0.15) is 10.0 Å². The van der Waals surface area contributed by atoms with Gasteiger partial charge in [0.05, 0.1) is 25.3 Å². The molecule has 0 unspecified atom stereocenters. The van der Waals surface area contributed by atoms with E-state index in [-0.39, 0.29) is 37.5 Å². The molecule has 4 nitrogen and oxygen atoms in total. The van der Waals surface area contributed by atoms with Gasteiger partial charge in [0, 0.05) is 0 Å². The largest absolute Gasteiger partial charge is 0.481 e. The quantitative estimate of drug-likeness (QED) is 0.356. The summed E-state index contributed by atoms with van der Waals surface area (Å²) < 4.78 is 6.33. The summed E-state index contributed by atoms with van der Waals surface area (Å²) in [5.41, 5.74) is 0.797. The zero-order valence-corrected chi connectivity index (χ0v) is 16.7. The highest BCUT2D eigenvalue weighted by atomic mass is 35.5. The second-order valence-corrected chi connectivity index (χ2v) is 7.64. The molecule has 2 aromatic carbocycles. The summed E-state index contributed by atoms with van der Waals surface area (Å²) in [7, 11) is 0. The summed E-state index contributed by atoms with van der Waals surface area (Å²) in [4.78, 5) is 16.4. The average Bonchev–Trinajstić information content (AvgIpc) is 3.00. The summed E-state index contributed by atoms with van der Waals surface area (Å²) in [6, 6.07) is 7.54. The van der Waals surface area contributed by atoms with E-state index in [4.69, 9.17) is 62.7 Å². The molecule has 0 saturated carbocycles. The first-order valence-electron chi connectivity index (χ1n) is 6.68. The Labute approximate surface area is 171 Å². The van der Waals surface area contributed by atoms with Gasteiger partial charge in [-0.3, -0.25) is 10.1 Å². The Morgan fingerprint density at radius 2 is 1.60 bits per heavy atom. The first kappa shape index (κ1) is 18.8. The monoisotopic (exact) mass is 454 g/mol. The fourth-order valence-corrected chi connectivity index (χ4v) is 4.04. The molecule has 0 aliphatic heterocycles. The van der Waals surface area contributed by atoms with E-state index in [9.17, 15) is 4.79 Å². The molecule has 0 aliphatic rings. The molecule has 1 aromatic heterocycles. The van der Waals surface area contributed by atoms with Crippen LogP contribution in [0.2, 0.25) is 25.1 Å². The number of hydrogen-bond donors (Lipinski definition) is 1. The van der Waals surface area contributed by atoms with E-state index in [1.807, 2.05) is 24.3 Å². The van der Waals surface area contributed by atoms with E-state index in [1.54, 1.807) is 0 Å². The lowest BCUT2D eigenvalue weighted by Crippen LogP contribution is -2.20. The highest BCUT2D eigenvalue weighted by molar-refractivity contribution is 7.22. The molecule has 0 radical (unpaired) electrons. The minimum atomic E-state index is -0.437. The number of fused-ring (bicyclic) bond motifs is 1. The van der Waals surface area contributed by atoms with Crippen LogP contribution in [-0.4, -0.2) is 17.5 Å². The standard InChI is InChI=1S/C15H7Cl5N2O2S/c16-9-10(17)12(19)14(13(20)11(9)18)24-5-8(23)22-15-21-6-3-1-2-4-7(6)25-15/h1-4H,5H2,(H,21,22,23). The minimum Gasteiger partial charge on any atom is -0.481 e. The third-order valence-electron chi connectivity index (χ3n) is 3.06. The van der Waals surface area contributed by atoms with Crippen LogP contribution in [-0.2, 0) is 4.79 Å². The SMILES string of the molecule is O=C(COc1c(Cl)c(Cl)c(Cl)c(Cl)c1Cl)Nc1nc2ccccc2s1. The minimum absolute atomic E-state index is 0.000635. The van der Waals surface area contributed by atoms with Crippen molar-refractivity contribution >= 4 is 90.6 Å². The number of aromatic nitrogens is 1. The number of thiazole rings is 1. The fourth-order valence-electron chi connectivity index (χ4n) is 1.93.